The fourth-order valence-corrected chi connectivity index (χ4v) is 5.57. The van der Waals surface area contributed by atoms with Crippen molar-refractivity contribution in [1.82, 2.24) is 14.9 Å². The molecule has 10 heteroatoms. The number of aromatic nitrogens is 2. The third kappa shape index (κ3) is 7.43. The quantitative estimate of drug-likeness (QED) is 0.160. The second-order valence-corrected chi connectivity index (χ2v) is 12.4. The van der Waals surface area contributed by atoms with E-state index in [0.717, 1.165) is 5.56 Å². The highest BCUT2D eigenvalue weighted by molar-refractivity contribution is 7.98. The summed E-state index contributed by atoms with van der Waals surface area (Å²) in [5.41, 5.74) is 0.521. The summed E-state index contributed by atoms with van der Waals surface area (Å²) >= 11 is 1.51. The second-order valence-electron chi connectivity index (χ2n) is 11.4. The Bertz CT molecular complexity index is 1540. The number of nitrogens with one attached hydrogen (secondary N) is 2. The van der Waals surface area contributed by atoms with Crippen LogP contribution < -0.4 is 10.6 Å². The van der Waals surface area contributed by atoms with Crippen molar-refractivity contribution >= 4 is 29.3 Å². The van der Waals surface area contributed by atoms with Gasteiger partial charge >= 0.3 is 5.97 Å². The van der Waals surface area contributed by atoms with Crippen molar-refractivity contribution in [1.29, 1.82) is 0 Å². The maximum Gasteiger partial charge on any atom is 0.330 e. The fourth-order valence-electron chi connectivity index (χ4n) is 5.06. The van der Waals surface area contributed by atoms with Gasteiger partial charge in [0.2, 0.25) is 0 Å². The van der Waals surface area contributed by atoms with E-state index in [1.807, 2.05) is 17.0 Å². The summed E-state index contributed by atoms with van der Waals surface area (Å²) < 4.78 is 29.5. The van der Waals surface area contributed by atoms with E-state index in [-0.39, 0.29) is 23.8 Å². The van der Waals surface area contributed by atoms with E-state index in [2.05, 4.69) is 15.6 Å². The van der Waals surface area contributed by atoms with E-state index in [1.165, 1.54) is 36.0 Å². The summed E-state index contributed by atoms with van der Waals surface area (Å²) in [6.07, 6.45) is 7.32. The van der Waals surface area contributed by atoms with Crippen molar-refractivity contribution in [3.8, 4) is 11.1 Å². The Labute approximate surface area is 254 Å². The van der Waals surface area contributed by atoms with Gasteiger partial charge in [0.25, 0.3) is 5.91 Å². The number of amides is 1. The zero-order valence-electron chi connectivity index (χ0n) is 24.6. The SMILES string of the molecule is CSCC[C@@](NC(=O)c1ccc(NC(Cn2ccnc2)c2ccc(F)cc2)cc1-c1ccc(F)cc1)(C(=O)O)C(C)(C)C. The molecule has 4 aromatic rings. The number of benzene rings is 3. The van der Waals surface area contributed by atoms with Crippen LogP contribution in [0.2, 0.25) is 0 Å². The number of carboxylic acids is 1. The smallest absolute Gasteiger partial charge is 0.330 e. The molecule has 0 fully saturated rings. The van der Waals surface area contributed by atoms with E-state index in [0.29, 0.717) is 29.1 Å². The van der Waals surface area contributed by atoms with Crippen molar-refractivity contribution in [2.75, 3.05) is 17.3 Å². The molecule has 0 spiro atoms. The van der Waals surface area contributed by atoms with Gasteiger partial charge in [-0.1, -0.05) is 45.0 Å². The normalized spacial score (nSPS) is 13.6. The highest BCUT2D eigenvalue weighted by atomic mass is 32.2. The summed E-state index contributed by atoms with van der Waals surface area (Å²) in [6.45, 7) is 5.88. The van der Waals surface area contributed by atoms with Crippen LogP contribution in [0, 0.1) is 17.0 Å². The predicted octanol–water partition coefficient (Wildman–Crippen LogP) is 7.03. The van der Waals surface area contributed by atoms with Gasteiger partial charge in [-0.05, 0) is 83.0 Å². The molecule has 0 aliphatic carbocycles. The van der Waals surface area contributed by atoms with Gasteiger partial charge in [0.05, 0.1) is 12.4 Å². The third-order valence-electron chi connectivity index (χ3n) is 7.64. The Morgan fingerprint density at radius 2 is 1.65 bits per heavy atom. The molecule has 0 aliphatic heterocycles. The third-order valence-corrected chi connectivity index (χ3v) is 8.25. The van der Waals surface area contributed by atoms with Crippen LogP contribution in [0.4, 0.5) is 14.5 Å². The molecule has 0 aliphatic rings. The van der Waals surface area contributed by atoms with Gasteiger partial charge < -0.3 is 20.3 Å². The van der Waals surface area contributed by atoms with Crippen molar-refractivity contribution in [2.24, 2.45) is 5.41 Å². The predicted molar refractivity (Wildman–Crippen MR) is 167 cm³/mol. The Morgan fingerprint density at radius 3 is 2.21 bits per heavy atom. The van der Waals surface area contributed by atoms with Gasteiger partial charge in [-0.15, -0.1) is 0 Å². The van der Waals surface area contributed by atoms with E-state index in [1.54, 1.807) is 75.8 Å². The molecular formula is C33H36F2N4O3S. The number of hydrogen-bond acceptors (Lipinski definition) is 5. The van der Waals surface area contributed by atoms with Crippen LogP contribution in [0.25, 0.3) is 11.1 Å². The monoisotopic (exact) mass is 606 g/mol. The topological polar surface area (TPSA) is 96.3 Å². The summed E-state index contributed by atoms with van der Waals surface area (Å²) in [5.74, 6) is -1.87. The number of anilines is 1. The largest absolute Gasteiger partial charge is 0.479 e. The first-order valence-corrected chi connectivity index (χ1v) is 15.3. The minimum Gasteiger partial charge on any atom is -0.479 e. The molecule has 1 heterocycles. The van der Waals surface area contributed by atoms with Crippen LogP contribution in [-0.2, 0) is 11.3 Å². The van der Waals surface area contributed by atoms with E-state index in [4.69, 9.17) is 0 Å². The van der Waals surface area contributed by atoms with Crippen LogP contribution in [-0.4, -0.2) is 44.1 Å². The van der Waals surface area contributed by atoms with Crippen LogP contribution in [0.15, 0.2) is 85.5 Å². The number of hydrogen-bond donors (Lipinski definition) is 3. The van der Waals surface area contributed by atoms with Crippen LogP contribution >= 0.6 is 11.8 Å². The first-order valence-electron chi connectivity index (χ1n) is 13.9. The molecule has 4 rings (SSSR count). The fraction of sp³-hybridized carbons (Fsp3) is 0.303. The number of imidazole rings is 1. The average molecular weight is 607 g/mol. The van der Waals surface area contributed by atoms with Crippen molar-refractivity contribution < 1.29 is 23.5 Å². The summed E-state index contributed by atoms with van der Waals surface area (Å²) in [4.78, 5) is 30.7. The summed E-state index contributed by atoms with van der Waals surface area (Å²) in [5, 5.41) is 16.7. The molecule has 0 bridgehead atoms. The molecule has 2 atom stereocenters. The molecule has 1 aromatic heterocycles. The highest BCUT2D eigenvalue weighted by Crippen LogP contribution is 2.36. The molecule has 43 heavy (non-hydrogen) atoms. The Balaban J connectivity index is 1.76. The first kappa shape index (κ1) is 31.7. The maximum absolute atomic E-state index is 13.9. The Hall–Kier alpha value is -4.18. The molecule has 3 aromatic carbocycles. The molecule has 1 unspecified atom stereocenters. The standard InChI is InChI=1S/C33H36F2N4O3S/c1-32(2,3)33(31(41)42,15-18-43-4)38-30(40)27-14-13-26(19-28(27)22-5-9-24(34)10-6-22)37-29(20-39-17-16-36-21-39)23-7-11-25(35)12-8-23/h5-14,16-17,19,21,29,37H,15,18,20H2,1-4H3,(H,38,40)(H,41,42)/t29?,33-/m1/s1. The van der Waals surface area contributed by atoms with Crippen LogP contribution in [0.3, 0.4) is 0 Å². The van der Waals surface area contributed by atoms with E-state index < -0.39 is 28.6 Å². The van der Waals surface area contributed by atoms with E-state index in [9.17, 15) is 23.5 Å². The molecule has 3 N–H and O–H groups in total. The number of rotatable bonds is 12. The molecule has 7 nitrogen and oxygen atoms in total. The molecule has 1 amide bonds. The Kier molecular flexibility index (Phi) is 9.91. The lowest BCUT2D eigenvalue weighted by Gasteiger charge is -2.42. The van der Waals surface area contributed by atoms with Crippen molar-refractivity contribution in [3.05, 3.63) is 108 Å². The van der Waals surface area contributed by atoms with Crippen LogP contribution in [0.5, 0.6) is 0 Å². The Morgan fingerprint density at radius 1 is 1.00 bits per heavy atom. The maximum atomic E-state index is 13.9. The number of nitrogens with zero attached hydrogens (tertiary/aromatic N) is 2. The molecule has 0 saturated carbocycles. The van der Waals surface area contributed by atoms with Gasteiger partial charge in [-0.2, -0.15) is 11.8 Å². The number of thioether (sulfide) groups is 1. The molecule has 226 valence electrons. The summed E-state index contributed by atoms with van der Waals surface area (Å²) in [7, 11) is 0. The highest BCUT2D eigenvalue weighted by Gasteiger charge is 2.49. The van der Waals surface area contributed by atoms with Gasteiger partial charge in [0, 0.05) is 30.2 Å². The first-order chi connectivity index (χ1) is 20.4. The minimum atomic E-state index is -1.53. The van der Waals surface area contributed by atoms with Crippen molar-refractivity contribution in [2.45, 2.75) is 45.3 Å². The minimum absolute atomic E-state index is 0.234. The molecular weight excluding hydrogens is 570 g/mol. The lowest BCUT2D eigenvalue weighted by atomic mass is 9.71. The second kappa shape index (κ2) is 13.4. The average Bonchev–Trinajstić information content (AvgIpc) is 3.48. The lowest BCUT2D eigenvalue weighted by Crippen LogP contribution is -2.62. The number of aliphatic carboxylic acids is 1. The summed E-state index contributed by atoms with van der Waals surface area (Å²) in [6, 6.07) is 16.9. The van der Waals surface area contributed by atoms with E-state index >= 15 is 0 Å². The van der Waals surface area contributed by atoms with Gasteiger partial charge in [-0.3, -0.25) is 4.79 Å². The van der Waals surface area contributed by atoms with Crippen molar-refractivity contribution in [3.63, 3.8) is 0 Å². The van der Waals surface area contributed by atoms with Gasteiger partial charge in [0.15, 0.2) is 0 Å². The van der Waals surface area contributed by atoms with Gasteiger partial charge in [0.1, 0.15) is 17.2 Å². The molecule has 0 radical (unpaired) electrons. The lowest BCUT2D eigenvalue weighted by molar-refractivity contribution is -0.149. The zero-order valence-corrected chi connectivity index (χ0v) is 25.4. The number of carboxylic acid groups (broad SMARTS) is 1. The molecule has 0 saturated heterocycles. The number of carbonyl (C=O) groups is 2. The van der Waals surface area contributed by atoms with Crippen LogP contribution in [0.1, 0.15) is 49.2 Å². The zero-order chi connectivity index (χ0) is 31.2. The number of carbonyl (C=O) groups excluding carboxylic acids is 1. The van der Waals surface area contributed by atoms with Gasteiger partial charge in [-0.25, -0.2) is 18.6 Å². The number of halogens is 2.